The van der Waals surface area contributed by atoms with Crippen LogP contribution < -0.4 is 4.74 Å². The lowest BCUT2D eigenvalue weighted by molar-refractivity contribution is 0.366. The molecule has 2 rings (SSSR count). The molecule has 0 aliphatic rings. The first-order valence-electron chi connectivity index (χ1n) is 5.52. The fraction of sp³-hybridized carbons (Fsp3) is 0.214. The molecule has 0 amide bonds. The van der Waals surface area contributed by atoms with Gasteiger partial charge in [-0.3, -0.25) is 0 Å². The van der Waals surface area contributed by atoms with Gasteiger partial charge in [-0.15, -0.1) is 0 Å². The lowest BCUT2D eigenvalue weighted by Crippen LogP contribution is -1.96. The van der Waals surface area contributed by atoms with Crippen LogP contribution in [-0.2, 0) is 0 Å². The number of nitrogens with zero attached hydrogens (tertiary/aromatic N) is 1. The molecule has 0 N–H and O–H groups in total. The fourth-order valence-corrected chi connectivity index (χ4v) is 1.82. The topological polar surface area (TPSA) is 22.1 Å². The van der Waals surface area contributed by atoms with Crippen molar-refractivity contribution in [2.45, 2.75) is 13.8 Å². The minimum atomic E-state index is 0.544. The van der Waals surface area contributed by atoms with Crippen LogP contribution in [0.3, 0.4) is 0 Å². The molecule has 1 aromatic carbocycles. The third-order valence-corrected chi connectivity index (χ3v) is 2.81. The Kier molecular flexibility index (Phi) is 3.64. The number of halogens is 1. The molecule has 88 valence electrons. The molecule has 0 fully saturated rings. The quantitative estimate of drug-likeness (QED) is 0.760. The van der Waals surface area contributed by atoms with E-state index in [9.17, 15) is 0 Å². The molecular formula is C14H14ClNO. The Labute approximate surface area is 106 Å². The highest BCUT2D eigenvalue weighted by molar-refractivity contribution is 6.35. The zero-order valence-corrected chi connectivity index (χ0v) is 10.7. The molecule has 0 aliphatic heterocycles. The highest BCUT2D eigenvalue weighted by Crippen LogP contribution is 2.30. The monoisotopic (exact) mass is 247 g/mol. The van der Waals surface area contributed by atoms with Crippen LogP contribution in [0.25, 0.3) is 10.9 Å². The largest absolute Gasteiger partial charge is 0.487 e. The first-order valence-corrected chi connectivity index (χ1v) is 5.90. The van der Waals surface area contributed by atoms with E-state index in [1.807, 2.05) is 50.3 Å². The van der Waals surface area contributed by atoms with Crippen molar-refractivity contribution in [1.82, 2.24) is 4.98 Å². The van der Waals surface area contributed by atoms with Gasteiger partial charge < -0.3 is 4.74 Å². The zero-order chi connectivity index (χ0) is 12.3. The van der Waals surface area contributed by atoms with Gasteiger partial charge in [-0.1, -0.05) is 23.8 Å². The summed E-state index contributed by atoms with van der Waals surface area (Å²) in [7, 11) is 0. The molecule has 17 heavy (non-hydrogen) atoms. The van der Waals surface area contributed by atoms with Gasteiger partial charge in [0, 0.05) is 11.1 Å². The van der Waals surface area contributed by atoms with Crippen molar-refractivity contribution in [3.8, 4) is 5.75 Å². The van der Waals surface area contributed by atoms with Crippen molar-refractivity contribution in [1.29, 1.82) is 0 Å². The second kappa shape index (κ2) is 5.19. The highest BCUT2D eigenvalue weighted by atomic mass is 35.5. The molecule has 3 heteroatoms. The Morgan fingerprint density at radius 3 is 2.88 bits per heavy atom. The number of fused-ring (bicyclic) bond motifs is 1. The molecule has 0 unspecified atom stereocenters. The molecule has 0 radical (unpaired) electrons. The molecule has 1 heterocycles. The Hall–Kier alpha value is -1.54. The van der Waals surface area contributed by atoms with E-state index in [1.165, 1.54) is 0 Å². The van der Waals surface area contributed by atoms with Crippen LogP contribution in [-0.4, -0.2) is 11.6 Å². The molecule has 1 aromatic heterocycles. The molecule has 2 aromatic rings. The lowest BCUT2D eigenvalue weighted by atomic mass is 10.2. The lowest BCUT2D eigenvalue weighted by Gasteiger charge is -2.08. The summed E-state index contributed by atoms with van der Waals surface area (Å²) in [6, 6.07) is 7.62. The summed E-state index contributed by atoms with van der Waals surface area (Å²) in [6.07, 6.45) is 3.91. The van der Waals surface area contributed by atoms with Gasteiger partial charge in [0.2, 0.25) is 0 Å². The van der Waals surface area contributed by atoms with Crippen LogP contribution in [0.4, 0.5) is 0 Å². The maximum Gasteiger partial charge on any atom is 0.146 e. The van der Waals surface area contributed by atoms with E-state index in [4.69, 9.17) is 16.3 Å². The van der Waals surface area contributed by atoms with Crippen LogP contribution in [0.1, 0.15) is 12.6 Å². The first kappa shape index (κ1) is 11.9. The van der Waals surface area contributed by atoms with Crippen LogP contribution in [0.2, 0.25) is 5.02 Å². The van der Waals surface area contributed by atoms with E-state index in [2.05, 4.69) is 4.98 Å². The molecule has 0 saturated carbocycles. The van der Waals surface area contributed by atoms with Crippen LogP contribution in [0.5, 0.6) is 5.75 Å². The third-order valence-electron chi connectivity index (χ3n) is 2.48. The summed E-state index contributed by atoms with van der Waals surface area (Å²) in [5.41, 5.74) is 1.78. The highest BCUT2D eigenvalue weighted by Gasteiger charge is 2.07. The Bertz CT molecular complexity index is 563. The van der Waals surface area contributed by atoms with Crippen molar-refractivity contribution in [2.24, 2.45) is 0 Å². The van der Waals surface area contributed by atoms with Crippen molar-refractivity contribution in [3.63, 3.8) is 0 Å². The van der Waals surface area contributed by atoms with Crippen molar-refractivity contribution < 1.29 is 4.74 Å². The maximum atomic E-state index is 6.13. The number of ether oxygens (including phenoxy) is 1. The summed E-state index contributed by atoms with van der Waals surface area (Å²) in [6.45, 7) is 4.46. The van der Waals surface area contributed by atoms with Gasteiger partial charge in [0.05, 0.1) is 5.02 Å². The number of rotatable bonds is 3. The molecule has 0 atom stereocenters. The second-order valence-electron chi connectivity index (χ2n) is 3.77. The van der Waals surface area contributed by atoms with E-state index in [0.717, 1.165) is 22.3 Å². The second-order valence-corrected chi connectivity index (χ2v) is 4.18. The van der Waals surface area contributed by atoms with E-state index in [0.29, 0.717) is 11.6 Å². The molecule has 0 saturated heterocycles. The van der Waals surface area contributed by atoms with Gasteiger partial charge in [0.15, 0.2) is 0 Å². The summed E-state index contributed by atoms with van der Waals surface area (Å²) in [5, 5.41) is 1.63. The number of allylic oxidation sites excluding steroid dienone is 1. The van der Waals surface area contributed by atoms with E-state index < -0.39 is 0 Å². The van der Waals surface area contributed by atoms with Crippen molar-refractivity contribution in [3.05, 3.63) is 47.1 Å². The molecular weight excluding hydrogens is 234 g/mol. The number of aryl methyl sites for hydroxylation is 1. The normalized spacial score (nSPS) is 11.2. The average molecular weight is 248 g/mol. The number of pyridine rings is 1. The molecule has 0 bridgehead atoms. The SMILES string of the molecule is CC=CCOc1ccc(Cl)c2ccc(C)nc12. The number of hydrogen-bond acceptors (Lipinski definition) is 2. The Morgan fingerprint density at radius 1 is 1.29 bits per heavy atom. The van der Waals surface area contributed by atoms with Crippen LogP contribution in [0, 0.1) is 6.92 Å². The first-order chi connectivity index (χ1) is 8.22. The number of benzene rings is 1. The average Bonchev–Trinajstić information content (AvgIpc) is 2.32. The summed E-state index contributed by atoms with van der Waals surface area (Å²) >= 11 is 6.13. The molecule has 0 spiro atoms. The zero-order valence-electron chi connectivity index (χ0n) is 9.90. The van der Waals surface area contributed by atoms with Gasteiger partial charge in [0.25, 0.3) is 0 Å². The number of aromatic nitrogens is 1. The van der Waals surface area contributed by atoms with Crippen molar-refractivity contribution >= 4 is 22.5 Å². The van der Waals surface area contributed by atoms with Gasteiger partial charge in [-0.2, -0.15) is 0 Å². The van der Waals surface area contributed by atoms with Crippen molar-refractivity contribution in [2.75, 3.05) is 6.61 Å². The summed E-state index contributed by atoms with van der Waals surface area (Å²) in [4.78, 5) is 4.48. The fourth-order valence-electron chi connectivity index (χ4n) is 1.61. The summed E-state index contributed by atoms with van der Waals surface area (Å²) < 4.78 is 5.66. The summed E-state index contributed by atoms with van der Waals surface area (Å²) in [5.74, 6) is 0.770. The smallest absolute Gasteiger partial charge is 0.146 e. The van der Waals surface area contributed by atoms with E-state index >= 15 is 0 Å². The number of hydrogen-bond donors (Lipinski definition) is 0. The van der Waals surface area contributed by atoms with Crippen LogP contribution >= 0.6 is 11.6 Å². The van der Waals surface area contributed by atoms with Crippen LogP contribution in [0.15, 0.2) is 36.4 Å². The predicted octanol–water partition coefficient (Wildman–Crippen LogP) is 4.15. The van der Waals surface area contributed by atoms with Gasteiger partial charge in [-0.05, 0) is 38.1 Å². The van der Waals surface area contributed by atoms with Gasteiger partial charge >= 0.3 is 0 Å². The third kappa shape index (κ3) is 2.59. The van der Waals surface area contributed by atoms with Gasteiger partial charge in [0.1, 0.15) is 17.9 Å². The van der Waals surface area contributed by atoms with E-state index in [-0.39, 0.29) is 0 Å². The standard InChI is InChI=1S/C14H14ClNO/c1-3-4-9-17-13-8-7-12(15)11-6-5-10(2)16-14(11)13/h3-8H,9H2,1-2H3. The predicted molar refractivity (Wildman–Crippen MR) is 71.8 cm³/mol. The Morgan fingerprint density at radius 2 is 2.12 bits per heavy atom. The minimum Gasteiger partial charge on any atom is -0.487 e. The van der Waals surface area contributed by atoms with E-state index in [1.54, 1.807) is 0 Å². The molecule has 0 aliphatic carbocycles. The maximum absolute atomic E-state index is 6.13. The molecule has 2 nitrogen and oxygen atoms in total. The Balaban J connectivity index is 2.48. The minimum absolute atomic E-state index is 0.544. The van der Waals surface area contributed by atoms with Gasteiger partial charge in [-0.25, -0.2) is 4.98 Å².